The Hall–Kier alpha value is -3.55. The van der Waals surface area contributed by atoms with Gasteiger partial charge < -0.3 is 54.4 Å². The van der Waals surface area contributed by atoms with E-state index in [4.69, 9.17) is 18.6 Å². The van der Waals surface area contributed by atoms with Crippen LogP contribution in [0.15, 0.2) is 39.5 Å². The second kappa shape index (κ2) is 9.00. The molecule has 1 aliphatic heterocycles. The Morgan fingerprint density at radius 1 is 0.971 bits per heavy atom. The molecule has 5 unspecified atom stereocenters. The van der Waals surface area contributed by atoms with Gasteiger partial charge >= 0.3 is 0 Å². The quantitative estimate of drug-likeness (QED) is 0.254. The van der Waals surface area contributed by atoms with E-state index in [0.717, 1.165) is 12.1 Å². The summed E-state index contributed by atoms with van der Waals surface area (Å²) in [5.41, 5.74) is -0.528. The van der Waals surface area contributed by atoms with Crippen molar-refractivity contribution in [2.24, 2.45) is 0 Å². The standard InChI is InChI=1S/C22H22O12/c1-31-21-11(26)6-14-16(18(21)28)10(25)5-13(32-14)8-2-3-12(9(24)4-8)33-22-20(30)19(29)17(27)15(7-23)34-22/h2-6,15,17,19-20,22-24,26-30H,7H2,1H3. The van der Waals surface area contributed by atoms with Crippen LogP contribution in [-0.2, 0) is 4.74 Å². The number of aliphatic hydroxyl groups excluding tert-OH is 4. The predicted octanol–water partition coefficient (Wildman–Crippen LogP) is -0.236. The molecule has 5 atom stereocenters. The summed E-state index contributed by atoms with van der Waals surface area (Å²) in [5, 5.41) is 69.5. The van der Waals surface area contributed by atoms with Crippen LogP contribution in [0.2, 0.25) is 0 Å². The Kier molecular flexibility index (Phi) is 6.25. The first-order chi connectivity index (χ1) is 16.2. The molecule has 2 heterocycles. The van der Waals surface area contributed by atoms with E-state index in [0.29, 0.717) is 0 Å². The Morgan fingerprint density at radius 2 is 1.71 bits per heavy atom. The number of aromatic hydroxyl groups is 3. The van der Waals surface area contributed by atoms with E-state index in [9.17, 15) is 40.5 Å². The van der Waals surface area contributed by atoms with Crippen LogP contribution in [0.3, 0.4) is 0 Å². The van der Waals surface area contributed by atoms with E-state index in [1.807, 2.05) is 0 Å². The molecule has 182 valence electrons. The lowest BCUT2D eigenvalue weighted by molar-refractivity contribution is -0.277. The average Bonchev–Trinajstić information content (AvgIpc) is 2.80. The lowest BCUT2D eigenvalue weighted by Crippen LogP contribution is -2.60. The van der Waals surface area contributed by atoms with Gasteiger partial charge in [0.05, 0.1) is 13.7 Å². The highest BCUT2D eigenvalue weighted by molar-refractivity contribution is 5.89. The summed E-state index contributed by atoms with van der Waals surface area (Å²) in [7, 11) is 1.22. The van der Waals surface area contributed by atoms with Crippen LogP contribution in [0.1, 0.15) is 0 Å². The topological polar surface area (TPSA) is 200 Å². The second-order valence-corrected chi connectivity index (χ2v) is 7.62. The predicted molar refractivity (Wildman–Crippen MR) is 114 cm³/mol. The first-order valence-electron chi connectivity index (χ1n) is 10.0. The number of phenolic OH excluding ortho intramolecular Hbond substituents is 3. The highest BCUT2D eigenvalue weighted by atomic mass is 16.7. The van der Waals surface area contributed by atoms with E-state index < -0.39 is 60.0 Å². The van der Waals surface area contributed by atoms with Gasteiger partial charge in [-0.1, -0.05) is 0 Å². The number of aliphatic hydroxyl groups is 4. The number of benzene rings is 2. The number of ether oxygens (including phenoxy) is 3. The molecule has 12 heteroatoms. The van der Waals surface area contributed by atoms with Gasteiger partial charge in [0.1, 0.15) is 41.1 Å². The molecular weight excluding hydrogens is 456 g/mol. The summed E-state index contributed by atoms with van der Waals surface area (Å²) in [6.45, 7) is -0.645. The number of rotatable bonds is 5. The monoisotopic (exact) mass is 478 g/mol. The van der Waals surface area contributed by atoms with Crippen molar-refractivity contribution < 1.29 is 54.4 Å². The van der Waals surface area contributed by atoms with Gasteiger partial charge in [-0.15, -0.1) is 0 Å². The molecule has 0 saturated carbocycles. The Morgan fingerprint density at radius 3 is 2.35 bits per heavy atom. The first kappa shape index (κ1) is 23.6. The van der Waals surface area contributed by atoms with Crippen LogP contribution in [-0.4, -0.2) is 80.2 Å². The van der Waals surface area contributed by atoms with Crippen LogP contribution >= 0.6 is 0 Å². The number of methoxy groups -OCH3 is 1. The minimum absolute atomic E-state index is 0.00356. The summed E-state index contributed by atoms with van der Waals surface area (Å²) in [5.74, 6) is -1.92. The lowest BCUT2D eigenvalue weighted by Gasteiger charge is -2.39. The molecular formula is C22H22O12. The zero-order chi connectivity index (χ0) is 24.7. The maximum atomic E-state index is 12.6. The van der Waals surface area contributed by atoms with Crippen molar-refractivity contribution >= 4 is 11.0 Å². The van der Waals surface area contributed by atoms with Crippen molar-refractivity contribution in [2.45, 2.75) is 30.7 Å². The number of fused-ring (bicyclic) bond motifs is 1. The fourth-order valence-corrected chi connectivity index (χ4v) is 3.67. The molecule has 1 aliphatic rings. The molecule has 7 N–H and O–H groups in total. The van der Waals surface area contributed by atoms with Crippen LogP contribution in [0, 0.1) is 0 Å². The van der Waals surface area contributed by atoms with Crippen LogP contribution in [0.25, 0.3) is 22.3 Å². The first-order valence-corrected chi connectivity index (χ1v) is 10.0. The number of hydrogen-bond acceptors (Lipinski definition) is 12. The molecule has 2 aromatic carbocycles. The highest BCUT2D eigenvalue weighted by Gasteiger charge is 2.44. The van der Waals surface area contributed by atoms with Crippen molar-refractivity contribution in [2.75, 3.05) is 13.7 Å². The Bertz CT molecular complexity index is 1270. The minimum atomic E-state index is -1.67. The van der Waals surface area contributed by atoms with Crippen LogP contribution in [0.5, 0.6) is 28.7 Å². The fraction of sp³-hybridized carbons (Fsp3) is 0.318. The van der Waals surface area contributed by atoms with E-state index in [1.165, 1.54) is 25.3 Å². The molecule has 1 saturated heterocycles. The summed E-state index contributed by atoms with van der Waals surface area (Å²) in [6.07, 6.45) is -7.59. The molecule has 1 aromatic heterocycles. The number of phenols is 3. The summed E-state index contributed by atoms with van der Waals surface area (Å²) < 4.78 is 21.2. The third-order valence-corrected chi connectivity index (χ3v) is 5.47. The summed E-state index contributed by atoms with van der Waals surface area (Å²) >= 11 is 0. The third-order valence-electron chi connectivity index (χ3n) is 5.47. The minimum Gasteiger partial charge on any atom is -0.504 e. The molecule has 0 bridgehead atoms. The van der Waals surface area contributed by atoms with Crippen LogP contribution < -0.4 is 14.9 Å². The van der Waals surface area contributed by atoms with E-state index in [-0.39, 0.29) is 33.8 Å². The van der Waals surface area contributed by atoms with Crippen molar-refractivity contribution in [1.82, 2.24) is 0 Å². The van der Waals surface area contributed by atoms with Gasteiger partial charge in [-0.25, -0.2) is 0 Å². The highest BCUT2D eigenvalue weighted by Crippen LogP contribution is 2.42. The third kappa shape index (κ3) is 3.97. The van der Waals surface area contributed by atoms with Crippen molar-refractivity contribution in [1.29, 1.82) is 0 Å². The van der Waals surface area contributed by atoms with E-state index in [2.05, 4.69) is 0 Å². The molecule has 1 fully saturated rings. The van der Waals surface area contributed by atoms with E-state index in [1.54, 1.807) is 0 Å². The van der Waals surface area contributed by atoms with Crippen LogP contribution in [0.4, 0.5) is 0 Å². The van der Waals surface area contributed by atoms with Gasteiger partial charge in [0, 0.05) is 17.7 Å². The summed E-state index contributed by atoms with van der Waals surface area (Å²) in [6, 6.07) is 6.05. The molecule has 0 amide bonds. The molecule has 0 aliphatic carbocycles. The second-order valence-electron chi connectivity index (χ2n) is 7.62. The number of hydrogen-bond donors (Lipinski definition) is 7. The van der Waals surface area contributed by atoms with Crippen molar-refractivity contribution in [3.05, 3.63) is 40.6 Å². The molecule has 0 spiro atoms. The van der Waals surface area contributed by atoms with Gasteiger partial charge in [-0.3, -0.25) is 4.79 Å². The Labute approximate surface area is 191 Å². The van der Waals surface area contributed by atoms with Gasteiger partial charge in [0.25, 0.3) is 0 Å². The maximum absolute atomic E-state index is 12.6. The molecule has 3 aromatic rings. The normalized spacial score (nSPS) is 24.8. The summed E-state index contributed by atoms with van der Waals surface area (Å²) in [4.78, 5) is 12.6. The maximum Gasteiger partial charge on any atom is 0.229 e. The Balaban J connectivity index is 1.65. The molecule has 34 heavy (non-hydrogen) atoms. The molecule has 0 radical (unpaired) electrons. The fourth-order valence-electron chi connectivity index (χ4n) is 3.67. The lowest BCUT2D eigenvalue weighted by atomic mass is 9.99. The van der Waals surface area contributed by atoms with E-state index >= 15 is 0 Å². The largest absolute Gasteiger partial charge is 0.504 e. The van der Waals surface area contributed by atoms with Crippen molar-refractivity contribution in [3.8, 4) is 40.1 Å². The van der Waals surface area contributed by atoms with Gasteiger partial charge in [-0.2, -0.15) is 0 Å². The van der Waals surface area contributed by atoms with Gasteiger partial charge in [0.15, 0.2) is 28.4 Å². The molecule has 4 rings (SSSR count). The zero-order valence-electron chi connectivity index (χ0n) is 17.7. The average molecular weight is 478 g/mol. The van der Waals surface area contributed by atoms with Gasteiger partial charge in [-0.05, 0) is 18.2 Å². The SMILES string of the molecule is COc1c(O)cc2oc(-c3ccc(OC4OC(CO)C(O)C(O)C4O)c(O)c3)cc(=O)c2c1O. The smallest absolute Gasteiger partial charge is 0.229 e. The van der Waals surface area contributed by atoms with Crippen molar-refractivity contribution in [3.63, 3.8) is 0 Å². The van der Waals surface area contributed by atoms with Gasteiger partial charge in [0.2, 0.25) is 12.0 Å². The molecule has 12 nitrogen and oxygen atoms in total. The zero-order valence-corrected chi connectivity index (χ0v) is 17.7.